The number of sulfonamides is 1. The quantitative estimate of drug-likeness (QED) is 0.678. The molecule has 1 fully saturated rings. The van der Waals surface area contributed by atoms with Crippen molar-refractivity contribution < 1.29 is 17.9 Å². The van der Waals surface area contributed by atoms with Crippen LogP contribution in [0.5, 0.6) is 0 Å². The summed E-state index contributed by atoms with van der Waals surface area (Å²) in [5.41, 5.74) is 1.24. The Hall–Kier alpha value is -1.44. The molecule has 0 spiro atoms. The molecule has 0 atom stereocenters. The van der Waals surface area contributed by atoms with Crippen LogP contribution in [0.4, 0.5) is 0 Å². The number of ether oxygens (including phenoxy) is 1. The van der Waals surface area contributed by atoms with Crippen LogP contribution in [-0.4, -0.2) is 51.5 Å². The van der Waals surface area contributed by atoms with Crippen LogP contribution >= 0.6 is 0 Å². The minimum absolute atomic E-state index is 0.0107. The lowest BCUT2D eigenvalue weighted by Gasteiger charge is -2.25. The van der Waals surface area contributed by atoms with Crippen molar-refractivity contribution in [3.63, 3.8) is 0 Å². The van der Waals surface area contributed by atoms with E-state index in [1.54, 1.807) is 28.6 Å². The standard InChI is InChI=1S/C18H28N2O4S/c1-2-24-14-6-11-19-18(21)17-9-7-16(8-10-17)15-25(22,23)20-12-4-3-5-13-20/h7-10H,2-6,11-15H2,1H3,(H,19,21). The van der Waals surface area contributed by atoms with Crippen molar-refractivity contribution >= 4 is 15.9 Å². The summed E-state index contributed by atoms with van der Waals surface area (Å²) in [6, 6.07) is 6.80. The van der Waals surface area contributed by atoms with Gasteiger partial charge in [0.25, 0.3) is 5.91 Å². The number of hydrogen-bond acceptors (Lipinski definition) is 4. The van der Waals surface area contributed by atoms with Crippen molar-refractivity contribution in [1.82, 2.24) is 9.62 Å². The van der Waals surface area contributed by atoms with Crippen LogP contribution in [0.3, 0.4) is 0 Å². The molecule has 1 saturated heterocycles. The number of carbonyl (C=O) groups is 1. The Labute approximate surface area is 150 Å². The second kappa shape index (κ2) is 9.89. The van der Waals surface area contributed by atoms with Gasteiger partial charge in [-0.05, 0) is 43.9 Å². The number of nitrogens with one attached hydrogen (secondary N) is 1. The number of hydrogen-bond donors (Lipinski definition) is 1. The van der Waals surface area contributed by atoms with Crippen molar-refractivity contribution in [3.05, 3.63) is 35.4 Å². The van der Waals surface area contributed by atoms with Crippen LogP contribution < -0.4 is 5.32 Å². The van der Waals surface area contributed by atoms with Crippen LogP contribution in [0.15, 0.2) is 24.3 Å². The van der Waals surface area contributed by atoms with Crippen LogP contribution in [-0.2, 0) is 20.5 Å². The van der Waals surface area contributed by atoms with E-state index < -0.39 is 10.0 Å². The molecule has 0 unspecified atom stereocenters. The van der Waals surface area contributed by atoms with Crippen LogP contribution in [0.2, 0.25) is 0 Å². The second-order valence-electron chi connectivity index (χ2n) is 6.22. The highest BCUT2D eigenvalue weighted by atomic mass is 32.2. The Morgan fingerprint density at radius 1 is 1.16 bits per heavy atom. The zero-order valence-corrected chi connectivity index (χ0v) is 15.7. The maximum absolute atomic E-state index is 12.4. The minimum atomic E-state index is -3.27. The lowest BCUT2D eigenvalue weighted by atomic mass is 10.1. The second-order valence-corrected chi connectivity index (χ2v) is 8.19. The molecule has 0 aromatic heterocycles. The van der Waals surface area contributed by atoms with Crippen LogP contribution in [0, 0.1) is 0 Å². The highest BCUT2D eigenvalue weighted by molar-refractivity contribution is 7.88. The van der Waals surface area contributed by atoms with E-state index in [1.165, 1.54) is 0 Å². The average Bonchev–Trinajstić information content (AvgIpc) is 2.62. The average molecular weight is 368 g/mol. The molecule has 1 aromatic carbocycles. The first-order chi connectivity index (χ1) is 12.0. The fraction of sp³-hybridized carbons (Fsp3) is 0.611. The van der Waals surface area contributed by atoms with Gasteiger partial charge in [-0.25, -0.2) is 12.7 Å². The predicted octanol–water partition coefficient (Wildman–Crippen LogP) is 2.16. The minimum Gasteiger partial charge on any atom is -0.382 e. The van der Waals surface area contributed by atoms with Gasteiger partial charge in [-0.2, -0.15) is 0 Å². The highest BCUT2D eigenvalue weighted by Crippen LogP contribution is 2.17. The molecule has 0 radical (unpaired) electrons. The molecule has 7 heteroatoms. The van der Waals surface area contributed by atoms with Gasteiger partial charge in [0, 0.05) is 38.4 Å². The molecule has 25 heavy (non-hydrogen) atoms. The van der Waals surface area contributed by atoms with E-state index in [9.17, 15) is 13.2 Å². The molecule has 140 valence electrons. The third-order valence-corrected chi connectivity index (χ3v) is 6.08. The number of rotatable bonds is 9. The number of piperidine rings is 1. The smallest absolute Gasteiger partial charge is 0.251 e. The number of nitrogens with zero attached hydrogens (tertiary/aromatic N) is 1. The number of amides is 1. The van der Waals surface area contributed by atoms with Crippen molar-refractivity contribution in [2.45, 2.75) is 38.4 Å². The highest BCUT2D eigenvalue weighted by Gasteiger charge is 2.24. The third-order valence-electron chi connectivity index (χ3n) is 4.23. The van der Waals surface area contributed by atoms with Gasteiger partial charge in [0.2, 0.25) is 10.0 Å². The zero-order valence-electron chi connectivity index (χ0n) is 14.9. The van der Waals surface area contributed by atoms with E-state index in [0.29, 0.717) is 44.0 Å². The van der Waals surface area contributed by atoms with Gasteiger partial charge in [0.05, 0.1) is 5.75 Å². The Bertz CT molecular complexity index is 638. The summed E-state index contributed by atoms with van der Waals surface area (Å²) in [4.78, 5) is 12.0. The molecule has 1 heterocycles. The Morgan fingerprint density at radius 3 is 2.48 bits per heavy atom. The van der Waals surface area contributed by atoms with Gasteiger partial charge in [0.15, 0.2) is 0 Å². The summed E-state index contributed by atoms with van der Waals surface area (Å²) in [7, 11) is -3.27. The lowest BCUT2D eigenvalue weighted by Crippen LogP contribution is -2.36. The summed E-state index contributed by atoms with van der Waals surface area (Å²) >= 11 is 0. The van der Waals surface area contributed by atoms with E-state index >= 15 is 0 Å². The van der Waals surface area contributed by atoms with Crippen molar-refractivity contribution in [2.75, 3.05) is 32.8 Å². The first-order valence-electron chi connectivity index (χ1n) is 8.95. The van der Waals surface area contributed by atoms with Crippen molar-refractivity contribution in [1.29, 1.82) is 0 Å². The Balaban J connectivity index is 1.85. The Kier molecular flexibility index (Phi) is 7.87. The third kappa shape index (κ3) is 6.41. The summed E-state index contributed by atoms with van der Waals surface area (Å²) in [6.45, 7) is 5.03. The molecular formula is C18H28N2O4S. The van der Waals surface area contributed by atoms with Gasteiger partial charge >= 0.3 is 0 Å². The predicted molar refractivity (Wildman–Crippen MR) is 97.9 cm³/mol. The normalized spacial score (nSPS) is 15.9. The Morgan fingerprint density at radius 2 is 1.84 bits per heavy atom. The first-order valence-corrected chi connectivity index (χ1v) is 10.6. The van der Waals surface area contributed by atoms with Crippen LogP contribution in [0.25, 0.3) is 0 Å². The molecule has 0 aliphatic carbocycles. The van der Waals surface area contributed by atoms with E-state index in [0.717, 1.165) is 25.7 Å². The van der Waals surface area contributed by atoms with Gasteiger partial charge in [0.1, 0.15) is 0 Å². The first kappa shape index (κ1) is 19.9. The van der Waals surface area contributed by atoms with Gasteiger partial charge in [-0.15, -0.1) is 0 Å². The van der Waals surface area contributed by atoms with Gasteiger partial charge < -0.3 is 10.1 Å². The van der Waals surface area contributed by atoms with Gasteiger partial charge in [-0.1, -0.05) is 18.6 Å². The molecular weight excluding hydrogens is 340 g/mol. The van der Waals surface area contributed by atoms with E-state index in [1.807, 2.05) is 6.92 Å². The lowest BCUT2D eigenvalue weighted by molar-refractivity contribution is 0.0944. The molecule has 2 rings (SSSR count). The molecule has 6 nitrogen and oxygen atoms in total. The maximum atomic E-state index is 12.4. The molecule has 0 bridgehead atoms. The molecule has 1 aliphatic heterocycles. The molecule has 1 aromatic rings. The molecule has 0 saturated carbocycles. The monoisotopic (exact) mass is 368 g/mol. The fourth-order valence-corrected chi connectivity index (χ4v) is 4.43. The fourth-order valence-electron chi connectivity index (χ4n) is 2.82. The maximum Gasteiger partial charge on any atom is 0.251 e. The summed E-state index contributed by atoms with van der Waals surface area (Å²) in [5, 5.41) is 2.83. The SMILES string of the molecule is CCOCCCNC(=O)c1ccc(CS(=O)(=O)N2CCCCC2)cc1. The van der Waals surface area contributed by atoms with Crippen LogP contribution in [0.1, 0.15) is 48.5 Å². The molecule has 1 N–H and O–H groups in total. The summed E-state index contributed by atoms with van der Waals surface area (Å²) in [5.74, 6) is -0.162. The van der Waals surface area contributed by atoms with Crippen molar-refractivity contribution in [3.8, 4) is 0 Å². The zero-order chi connectivity index (χ0) is 18.1. The topological polar surface area (TPSA) is 75.7 Å². The largest absolute Gasteiger partial charge is 0.382 e. The van der Waals surface area contributed by atoms with Crippen molar-refractivity contribution in [2.24, 2.45) is 0 Å². The van der Waals surface area contributed by atoms with E-state index in [4.69, 9.17) is 4.74 Å². The summed E-state index contributed by atoms with van der Waals surface area (Å²) in [6.07, 6.45) is 3.73. The van der Waals surface area contributed by atoms with E-state index in [-0.39, 0.29) is 11.7 Å². The van der Waals surface area contributed by atoms with E-state index in [2.05, 4.69) is 5.32 Å². The number of benzene rings is 1. The molecule has 1 aliphatic rings. The van der Waals surface area contributed by atoms with Gasteiger partial charge in [-0.3, -0.25) is 4.79 Å². The summed E-state index contributed by atoms with van der Waals surface area (Å²) < 4.78 is 31.7. The number of carbonyl (C=O) groups excluding carboxylic acids is 1. The molecule has 1 amide bonds.